The molecule has 0 amide bonds. The minimum absolute atomic E-state index is 0.117. The molecule has 2 aromatic carbocycles. The van der Waals surface area contributed by atoms with Crippen LogP contribution in [-0.4, -0.2) is 17.5 Å². The molecule has 0 atom stereocenters. The predicted octanol–water partition coefficient (Wildman–Crippen LogP) is 4.29. The molecule has 7 heteroatoms. The van der Waals surface area contributed by atoms with Crippen molar-refractivity contribution in [3.63, 3.8) is 0 Å². The molecule has 0 bridgehead atoms. The van der Waals surface area contributed by atoms with Crippen LogP contribution in [0.5, 0.6) is 11.5 Å². The third-order valence-corrected chi connectivity index (χ3v) is 3.56. The standard InChI is InChI=1S/C20H18N2O5/c1-2-3-12-26-18-8-4-15(5-9-18)13-16(14-21)20(23)27-19-10-6-17(7-11-19)22(24)25/h4-11,13H,2-3,12H2,1H3/b16-13+. The lowest BCUT2D eigenvalue weighted by atomic mass is 10.1. The molecule has 0 unspecified atom stereocenters. The van der Waals surface area contributed by atoms with Gasteiger partial charge in [-0.3, -0.25) is 10.1 Å². The number of non-ortho nitro benzene ring substituents is 1. The largest absolute Gasteiger partial charge is 0.494 e. The lowest BCUT2D eigenvalue weighted by molar-refractivity contribution is -0.384. The van der Waals surface area contributed by atoms with Crippen LogP contribution in [0.4, 0.5) is 5.69 Å². The van der Waals surface area contributed by atoms with Crippen molar-refractivity contribution in [2.45, 2.75) is 19.8 Å². The van der Waals surface area contributed by atoms with Crippen molar-refractivity contribution in [3.05, 3.63) is 69.8 Å². The maximum absolute atomic E-state index is 12.1. The number of carbonyl (C=O) groups excluding carboxylic acids is 1. The van der Waals surface area contributed by atoms with Gasteiger partial charge in [-0.2, -0.15) is 5.26 Å². The van der Waals surface area contributed by atoms with Gasteiger partial charge in [0.2, 0.25) is 0 Å². The molecule has 0 aliphatic heterocycles. The zero-order valence-electron chi connectivity index (χ0n) is 14.8. The Kier molecular flexibility index (Phi) is 7.08. The first-order valence-electron chi connectivity index (χ1n) is 8.34. The van der Waals surface area contributed by atoms with Gasteiger partial charge >= 0.3 is 5.97 Å². The number of benzene rings is 2. The number of nitrogens with zero attached hydrogens (tertiary/aromatic N) is 2. The number of nitriles is 1. The first-order chi connectivity index (χ1) is 13.0. The van der Waals surface area contributed by atoms with Crippen LogP contribution in [-0.2, 0) is 4.79 Å². The predicted molar refractivity (Wildman–Crippen MR) is 99.2 cm³/mol. The van der Waals surface area contributed by atoms with E-state index in [0.717, 1.165) is 12.8 Å². The Bertz CT molecular complexity index is 865. The summed E-state index contributed by atoms with van der Waals surface area (Å²) in [5.41, 5.74) is 0.343. The zero-order chi connectivity index (χ0) is 19.6. The second-order valence-electron chi connectivity index (χ2n) is 5.58. The van der Waals surface area contributed by atoms with Gasteiger partial charge in [-0.15, -0.1) is 0 Å². The molecule has 0 fully saturated rings. The molecule has 0 radical (unpaired) electrons. The SMILES string of the molecule is CCCCOc1ccc(/C=C(\C#N)C(=O)Oc2ccc([N+](=O)[O-])cc2)cc1. The summed E-state index contributed by atoms with van der Waals surface area (Å²) in [6, 6.07) is 13.8. The minimum atomic E-state index is -0.838. The average molecular weight is 366 g/mol. The number of ether oxygens (including phenoxy) is 2. The highest BCUT2D eigenvalue weighted by atomic mass is 16.6. The van der Waals surface area contributed by atoms with Crippen molar-refractivity contribution in [3.8, 4) is 17.6 Å². The molecule has 2 rings (SSSR count). The van der Waals surface area contributed by atoms with Crippen LogP contribution in [0.2, 0.25) is 0 Å². The molecule has 2 aromatic rings. The van der Waals surface area contributed by atoms with Crippen LogP contribution in [0.15, 0.2) is 54.1 Å². The Balaban J connectivity index is 2.05. The highest BCUT2D eigenvalue weighted by molar-refractivity contribution is 5.99. The van der Waals surface area contributed by atoms with Gasteiger partial charge in [-0.1, -0.05) is 25.5 Å². The highest BCUT2D eigenvalue weighted by Crippen LogP contribution is 2.19. The molecule has 7 nitrogen and oxygen atoms in total. The molecular formula is C20H18N2O5. The Hall–Kier alpha value is -3.66. The summed E-state index contributed by atoms with van der Waals surface area (Å²) in [5.74, 6) is -0.00592. The molecule has 0 aliphatic rings. The number of unbranched alkanes of at least 4 members (excludes halogenated alkanes) is 1. The van der Waals surface area contributed by atoms with E-state index in [1.807, 2.05) is 0 Å². The van der Waals surface area contributed by atoms with Gasteiger partial charge in [-0.25, -0.2) is 4.79 Å². The summed E-state index contributed by atoms with van der Waals surface area (Å²) in [7, 11) is 0. The zero-order valence-corrected chi connectivity index (χ0v) is 14.8. The summed E-state index contributed by atoms with van der Waals surface area (Å²) >= 11 is 0. The first kappa shape index (κ1) is 19.7. The number of nitro benzene ring substituents is 1. The molecule has 0 spiro atoms. The van der Waals surface area contributed by atoms with E-state index < -0.39 is 10.9 Å². The molecule has 0 N–H and O–H groups in total. The first-order valence-corrected chi connectivity index (χ1v) is 8.34. The maximum Gasteiger partial charge on any atom is 0.354 e. The van der Waals surface area contributed by atoms with Gasteiger partial charge in [0.1, 0.15) is 23.1 Å². The van der Waals surface area contributed by atoms with Gasteiger partial charge in [-0.05, 0) is 42.3 Å². The van der Waals surface area contributed by atoms with E-state index in [9.17, 15) is 20.2 Å². The lowest BCUT2D eigenvalue weighted by Gasteiger charge is -2.06. The van der Waals surface area contributed by atoms with E-state index in [1.165, 1.54) is 30.3 Å². The average Bonchev–Trinajstić information content (AvgIpc) is 2.67. The summed E-state index contributed by atoms with van der Waals surface area (Å²) in [4.78, 5) is 22.2. The molecule has 138 valence electrons. The number of carbonyl (C=O) groups is 1. The summed E-state index contributed by atoms with van der Waals surface area (Å²) in [6.07, 6.45) is 3.42. The Morgan fingerprint density at radius 2 is 1.78 bits per heavy atom. The lowest BCUT2D eigenvalue weighted by Crippen LogP contribution is -2.10. The number of hydrogen-bond acceptors (Lipinski definition) is 6. The quantitative estimate of drug-likeness (QED) is 0.131. The Labute approximate surface area is 156 Å². The third kappa shape index (κ3) is 5.97. The number of rotatable bonds is 8. The van der Waals surface area contributed by atoms with Crippen molar-refractivity contribution in [1.82, 2.24) is 0 Å². The Morgan fingerprint density at radius 1 is 1.15 bits per heavy atom. The van der Waals surface area contributed by atoms with E-state index in [2.05, 4.69) is 6.92 Å². The topological polar surface area (TPSA) is 102 Å². The van der Waals surface area contributed by atoms with Crippen LogP contribution in [0.3, 0.4) is 0 Å². The van der Waals surface area contributed by atoms with Crippen LogP contribution >= 0.6 is 0 Å². The van der Waals surface area contributed by atoms with E-state index >= 15 is 0 Å². The molecule has 0 saturated carbocycles. The van der Waals surface area contributed by atoms with Gasteiger partial charge in [0.05, 0.1) is 11.5 Å². The molecular weight excluding hydrogens is 348 g/mol. The highest BCUT2D eigenvalue weighted by Gasteiger charge is 2.13. The third-order valence-electron chi connectivity index (χ3n) is 3.56. The second-order valence-corrected chi connectivity index (χ2v) is 5.58. The molecule has 27 heavy (non-hydrogen) atoms. The van der Waals surface area contributed by atoms with Crippen molar-refractivity contribution < 1.29 is 19.2 Å². The summed E-state index contributed by atoms with van der Waals surface area (Å²) in [6.45, 7) is 2.72. The molecule has 0 aromatic heterocycles. The smallest absolute Gasteiger partial charge is 0.354 e. The normalized spacial score (nSPS) is 10.7. The van der Waals surface area contributed by atoms with Crippen molar-refractivity contribution in [1.29, 1.82) is 5.26 Å². The fourth-order valence-electron chi connectivity index (χ4n) is 2.10. The minimum Gasteiger partial charge on any atom is -0.494 e. The van der Waals surface area contributed by atoms with Crippen LogP contribution in [0, 0.1) is 21.4 Å². The van der Waals surface area contributed by atoms with Crippen LogP contribution < -0.4 is 9.47 Å². The van der Waals surface area contributed by atoms with Gasteiger partial charge in [0.25, 0.3) is 5.69 Å². The van der Waals surface area contributed by atoms with Gasteiger partial charge in [0.15, 0.2) is 0 Å². The summed E-state index contributed by atoms with van der Waals surface area (Å²) in [5, 5.41) is 19.8. The van der Waals surface area contributed by atoms with E-state index in [4.69, 9.17) is 9.47 Å². The second kappa shape index (κ2) is 9.73. The van der Waals surface area contributed by atoms with E-state index in [0.29, 0.717) is 17.9 Å². The van der Waals surface area contributed by atoms with Gasteiger partial charge in [0, 0.05) is 12.1 Å². The van der Waals surface area contributed by atoms with Crippen molar-refractivity contribution in [2.24, 2.45) is 0 Å². The van der Waals surface area contributed by atoms with Gasteiger partial charge < -0.3 is 9.47 Å². The molecule has 0 aliphatic carbocycles. The summed E-state index contributed by atoms with van der Waals surface area (Å²) < 4.78 is 10.6. The van der Waals surface area contributed by atoms with Crippen LogP contribution in [0.25, 0.3) is 6.08 Å². The monoisotopic (exact) mass is 366 g/mol. The van der Waals surface area contributed by atoms with Crippen molar-refractivity contribution in [2.75, 3.05) is 6.61 Å². The number of hydrogen-bond donors (Lipinski definition) is 0. The van der Waals surface area contributed by atoms with E-state index in [-0.39, 0.29) is 17.0 Å². The molecule has 0 heterocycles. The number of esters is 1. The van der Waals surface area contributed by atoms with Crippen LogP contribution in [0.1, 0.15) is 25.3 Å². The fourth-order valence-corrected chi connectivity index (χ4v) is 2.10. The maximum atomic E-state index is 12.1. The fraction of sp³-hybridized carbons (Fsp3) is 0.200. The Morgan fingerprint density at radius 3 is 2.33 bits per heavy atom. The van der Waals surface area contributed by atoms with E-state index in [1.54, 1.807) is 30.3 Å². The number of nitro groups is 1. The molecule has 0 saturated heterocycles. The van der Waals surface area contributed by atoms with Crippen molar-refractivity contribution >= 4 is 17.7 Å².